The second-order valence-corrected chi connectivity index (χ2v) is 6.39. The minimum absolute atomic E-state index is 0.0528. The zero-order chi connectivity index (χ0) is 16.1. The fraction of sp³-hybridized carbons (Fsp3) is 0.250. The fourth-order valence-corrected chi connectivity index (χ4v) is 3.13. The second-order valence-electron chi connectivity index (χ2n) is 5.36. The standard InChI is InChI=1S/C16H17N5OS/c1-12(9-15-3-2-8-23-15)18-16(22)14-6-4-13(5-7-14)10-21-11-17-19-20-21/h2-8,11-12H,9-10H2,1H3,(H,18,22)/t12-/m0/s1. The van der Waals surface area contributed by atoms with Gasteiger partial charge in [-0.2, -0.15) is 0 Å². The molecule has 1 aromatic carbocycles. The maximum Gasteiger partial charge on any atom is 0.251 e. The van der Waals surface area contributed by atoms with E-state index in [-0.39, 0.29) is 11.9 Å². The molecular weight excluding hydrogens is 310 g/mol. The van der Waals surface area contributed by atoms with Gasteiger partial charge in [0.2, 0.25) is 0 Å². The molecule has 3 aromatic rings. The molecule has 0 saturated heterocycles. The van der Waals surface area contributed by atoms with Crippen LogP contribution < -0.4 is 5.32 Å². The lowest BCUT2D eigenvalue weighted by molar-refractivity contribution is 0.0940. The van der Waals surface area contributed by atoms with E-state index in [4.69, 9.17) is 0 Å². The summed E-state index contributed by atoms with van der Waals surface area (Å²) < 4.78 is 1.64. The summed E-state index contributed by atoms with van der Waals surface area (Å²) >= 11 is 1.71. The third kappa shape index (κ3) is 4.23. The molecule has 1 N–H and O–H groups in total. The topological polar surface area (TPSA) is 72.7 Å². The number of hydrogen-bond acceptors (Lipinski definition) is 5. The molecule has 0 saturated carbocycles. The van der Waals surface area contributed by atoms with Gasteiger partial charge < -0.3 is 5.32 Å². The highest BCUT2D eigenvalue weighted by Gasteiger charge is 2.11. The Morgan fingerprint density at radius 3 is 2.78 bits per heavy atom. The lowest BCUT2D eigenvalue weighted by Gasteiger charge is -2.13. The molecule has 2 aromatic heterocycles. The van der Waals surface area contributed by atoms with Crippen LogP contribution in [-0.4, -0.2) is 32.2 Å². The first kappa shape index (κ1) is 15.4. The third-order valence-corrected chi connectivity index (χ3v) is 4.32. The molecule has 23 heavy (non-hydrogen) atoms. The number of nitrogens with zero attached hydrogens (tertiary/aromatic N) is 4. The van der Waals surface area contributed by atoms with Crippen molar-refractivity contribution >= 4 is 17.2 Å². The molecule has 0 aliphatic heterocycles. The Morgan fingerprint density at radius 1 is 1.30 bits per heavy atom. The van der Waals surface area contributed by atoms with Gasteiger partial charge in [-0.3, -0.25) is 4.79 Å². The summed E-state index contributed by atoms with van der Waals surface area (Å²) in [6.07, 6.45) is 2.41. The summed E-state index contributed by atoms with van der Waals surface area (Å²) in [4.78, 5) is 13.5. The van der Waals surface area contributed by atoms with Crippen molar-refractivity contribution in [2.45, 2.75) is 25.9 Å². The van der Waals surface area contributed by atoms with Crippen LogP contribution in [0.4, 0.5) is 0 Å². The summed E-state index contributed by atoms with van der Waals surface area (Å²) in [6.45, 7) is 2.60. The number of rotatable bonds is 6. The van der Waals surface area contributed by atoms with Gasteiger partial charge in [0.25, 0.3) is 5.91 Å². The number of thiophene rings is 1. The zero-order valence-electron chi connectivity index (χ0n) is 12.7. The first-order valence-electron chi connectivity index (χ1n) is 7.33. The van der Waals surface area contributed by atoms with E-state index in [9.17, 15) is 4.79 Å². The molecule has 0 bridgehead atoms. The van der Waals surface area contributed by atoms with Gasteiger partial charge in [0.15, 0.2) is 0 Å². The highest BCUT2D eigenvalue weighted by atomic mass is 32.1. The van der Waals surface area contributed by atoms with Gasteiger partial charge in [0.1, 0.15) is 6.33 Å². The number of carbonyl (C=O) groups excluding carboxylic acids is 1. The van der Waals surface area contributed by atoms with E-state index in [1.807, 2.05) is 42.6 Å². The largest absolute Gasteiger partial charge is 0.349 e. The first-order valence-corrected chi connectivity index (χ1v) is 8.21. The van der Waals surface area contributed by atoms with Crippen LogP contribution >= 0.6 is 11.3 Å². The average Bonchev–Trinajstić information content (AvgIpc) is 3.21. The van der Waals surface area contributed by atoms with Crippen molar-refractivity contribution in [2.75, 3.05) is 0 Å². The summed E-state index contributed by atoms with van der Waals surface area (Å²) in [7, 11) is 0. The van der Waals surface area contributed by atoms with E-state index in [0.29, 0.717) is 12.1 Å². The molecule has 0 fully saturated rings. The Hall–Kier alpha value is -2.54. The van der Waals surface area contributed by atoms with Gasteiger partial charge >= 0.3 is 0 Å². The Morgan fingerprint density at radius 2 is 2.13 bits per heavy atom. The van der Waals surface area contributed by atoms with Crippen molar-refractivity contribution in [2.24, 2.45) is 0 Å². The Bertz CT molecular complexity index is 737. The summed E-state index contributed by atoms with van der Waals surface area (Å²) in [5.41, 5.74) is 1.70. The van der Waals surface area contributed by atoms with Crippen LogP contribution in [0.25, 0.3) is 0 Å². The van der Waals surface area contributed by atoms with Gasteiger partial charge in [0, 0.05) is 22.9 Å². The molecule has 1 atom stereocenters. The van der Waals surface area contributed by atoms with Gasteiger partial charge in [0.05, 0.1) is 6.54 Å². The van der Waals surface area contributed by atoms with Crippen molar-refractivity contribution in [3.63, 3.8) is 0 Å². The van der Waals surface area contributed by atoms with E-state index in [1.165, 1.54) is 4.88 Å². The van der Waals surface area contributed by atoms with Crippen LogP contribution in [0.15, 0.2) is 48.1 Å². The second kappa shape index (κ2) is 7.15. The molecule has 7 heteroatoms. The van der Waals surface area contributed by atoms with Crippen molar-refractivity contribution in [3.05, 3.63) is 64.1 Å². The highest BCUT2D eigenvalue weighted by Crippen LogP contribution is 2.12. The number of carbonyl (C=O) groups is 1. The van der Waals surface area contributed by atoms with Crippen molar-refractivity contribution in [3.8, 4) is 0 Å². The predicted molar refractivity (Wildman–Crippen MR) is 88.3 cm³/mol. The molecule has 0 radical (unpaired) electrons. The van der Waals surface area contributed by atoms with Crippen LogP contribution in [0.5, 0.6) is 0 Å². The number of amides is 1. The maximum atomic E-state index is 12.3. The van der Waals surface area contributed by atoms with E-state index in [0.717, 1.165) is 12.0 Å². The van der Waals surface area contributed by atoms with E-state index < -0.39 is 0 Å². The number of benzene rings is 1. The Balaban J connectivity index is 1.56. The molecule has 118 valence electrons. The van der Waals surface area contributed by atoms with Crippen LogP contribution in [0, 0.1) is 0 Å². The normalized spacial score (nSPS) is 12.0. The molecule has 6 nitrogen and oxygen atoms in total. The smallest absolute Gasteiger partial charge is 0.251 e. The zero-order valence-corrected chi connectivity index (χ0v) is 13.5. The van der Waals surface area contributed by atoms with Crippen LogP contribution in [0.1, 0.15) is 27.7 Å². The number of aromatic nitrogens is 4. The SMILES string of the molecule is C[C@@H](Cc1cccs1)NC(=O)c1ccc(Cn2cnnn2)cc1. The monoisotopic (exact) mass is 327 g/mol. The van der Waals surface area contributed by atoms with Crippen molar-refractivity contribution < 1.29 is 4.79 Å². The Labute approximate surface area is 138 Å². The lowest BCUT2D eigenvalue weighted by Crippen LogP contribution is -2.33. The van der Waals surface area contributed by atoms with E-state index in [1.54, 1.807) is 22.3 Å². The van der Waals surface area contributed by atoms with Gasteiger partial charge in [-0.25, -0.2) is 4.68 Å². The quantitative estimate of drug-likeness (QED) is 0.753. The lowest BCUT2D eigenvalue weighted by atomic mass is 10.1. The van der Waals surface area contributed by atoms with Crippen LogP contribution in [-0.2, 0) is 13.0 Å². The molecule has 1 amide bonds. The fourth-order valence-electron chi connectivity index (χ4n) is 2.29. The van der Waals surface area contributed by atoms with E-state index >= 15 is 0 Å². The number of nitrogens with one attached hydrogen (secondary N) is 1. The molecule has 2 heterocycles. The number of tetrazole rings is 1. The maximum absolute atomic E-state index is 12.3. The molecule has 0 unspecified atom stereocenters. The minimum Gasteiger partial charge on any atom is -0.349 e. The van der Waals surface area contributed by atoms with Crippen molar-refractivity contribution in [1.82, 2.24) is 25.5 Å². The minimum atomic E-state index is -0.0528. The summed E-state index contributed by atoms with van der Waals surface area (Å²) in [5, 5.41) is 16.1. The van der Waals surface area contributed by atoms with Crippen LogP contribution in [0.3, 0.4) is 0 Å². The molecule has 0 aliphatic carbocycles. The van der Waals surface area contributed by atoms with E-state index in [2.05, 4.69) is 26.9 Å². The van der Waals surface area contributed by atoms with Gasteiger partial charge in [-0.15, -0.1) is 16.4 Å². The highest BCUT2D eigenvalue weighted by molar-refractivity contribution is 7.09. The van der Waals surface area contributed by atoms with Gasteiger partial charge in [-0.1, -0.05) is 18.2 Å². The van der Waals surface area contributed by atoms with Gasteiger partial charge in [-0.05, 0) is 46.5 Å². The van der Waals surface area contributed by atoms with Crippen LogP contribution in [0.2, 0.25) is 0 Å². The molecular formula is C16H17N5OS. The van der Waals surface area contributed by atoms with Crippen molar-refractivity contribution in [1.29, 1.82) is 0 Å². The molecule has 3 rings (SSSR count). The average molecular weight is 327 g/mol. The first-order chi connectivity index (χ1) is 11.2. The molecule has 0 aliphatic rings. The molecule has 0 spiro atoms. The third-order valence-electron chi connectivity index (χ3n) is 3.42. The predicted octanol–water partition coefficient (Wildman–Crippen LogP) is 2.14. The summed E-state index contributed by atoms with van der Waals surface area (Å²) in [5.74, 6) is -0.0528. The number of hydrogen-bond donors (Lipinski definition) is 1. The Kier molecular flexibility index (Phi) is 4.77. The summed E-state index contributed by atoms with van der Waals surface area (Å²) in [6, 6.07) is 11.7.